The Bertz CT molecular complexity index is 608. The van der Waals surface area contributed by atoms with Crippen molar-refractivity contribution < 1.29 is 4.74 Å². The Morgan fingerprint density at radius 1 is 1.41 bits per heavy atom. The van der Waals surface area contributed by atoms with Crippen molar-refractivity contribution in [1.82, 2.24) is 9.55 Å². The van der Waals surface area contributed by atoms with Crippen LogP contribution in [0.2, 0.25) is 0 Å². The maximum Gasteiger partial charge on any atom is 0.313 e. The molecular formula is C12H11IN2O2. The average Bonchev–Trinajstić information content (AvgIpc) is 2.30. The molecule has 17 heavy (non-hydrogen) atoms. The normalized spacial score (nSPS) is 10.3. The molecule has 5 heteroatoms. The summed E-state index contributed by atoms with van der Waals surface area (Å²) in [7, 11) is 1.66. The molecule has 0 saturated carbocycles. The van der Waals surface area contributed by atoms with Crippen molar-refractivity contribution in [2.75, 3.05) is 0 Å². The van der Waals surface area contributed by atoms with Crippen LogP contribution < -0.4 is 10.3 Å². The molecule has 0 unspecified atom stereocenters. The van der Waals surface area contributed by atoms with Gasteiger partial charge in [0.1, 0.15) is 5.75 Å². The number of aryl methyl sites for hydroxylation is 2. The summed E-state index contributed by atoms with van der Waals surface area (Å²) < 4.78 is 8.07. The summed E-state index contributed by atoms with van der Waals surface area (Å²) in [5, 5.41) is 0. The molecule has 0 aliphatic rings. The SMILES string of the molecule is Cc1cc(Oc2nccn(C)c2=O)ccc1I. The van der Waals surface area contributed by atoms with E-state index in [2.05, 4.69) is 27.6 Å². The summed E-state index contributed by atoms with van der Waals surface area (Å²) in [6.45, 7) is 1.99. The Morgan fingerprint density at radius 3 is 2.88 bits per heavy atom. The number of hydrogen-bond donors (Lipinski definition) is 0. The van der Waals surface area contributed by atoms with E-state index in [0.29, 0.717) is 5.75 Å². The fourth-order valence-electron chi connectivity index (χ4n) is 1.34. The summed E-state index contributed by atoms with van der Waals surface area (Å²) in [5.74, 6) is 0.717. The van der Waals surface area contributed by atoms with Crippen LogP contribution in [0.25, 0.3) is 0 Å². The summed E-state index contributed by atoms with van der Waals surface area (Å²) in [4.78, 5) is 15.6. The molecule has 0 aliphatic carbocycles. The first-order valence-corrected chi connectivity index (χ1v) is 6.11. The molecule has 1 heterocycles. The molecular weight excluding hydrogens is 331 g/mol. The molecule has 1 aromatic carbocycles. The van der Waals surface area contributed by atoms with Gasteiger partial charge in [-0.05, 0) is 53.3 Å². The van der Waals surface area contributed by atoms with E-state index in [-0.39, 0.29) is 11.4 Å². The van der Waals surface area contributed by atoms with E-state index in [1.165, 1.54) is 10.8 Å². The Balaban J connectivity index is 2.35. The van der Waals surface area contributed by atoms with Gasteiger partial charge in [0, 0.05) is 23.0 Å². The number of benzene rings is 1. The third kappa shape index (κ3) is 2.66. The minimum absolute atomic E-state index is 0.0932. The van der Waals surface area contributed by atoms with E-state index < -0.39 is 0 Å². The van der Waals surface area contributed by atoms with Crippen LogP contribution in [0.4, 0.5) is 0 Å². The lowest BCUT2D eigenvalue weighted by atomic mass is 10.2. The molecule has 0 saturated heterocycles. The average molecular weight is 342 g/mol. The Morgan fingerprint density at radius 2 is 2.18 bits per heavy atom. The van der Waals surface area contributed by atoms with Crippen LogP contribution in [0.5, 0.6) is 11.6 Å². The second-order valence-corrected chi connectivity index (χ2v) is 4.82. The van der Waals surface area contributed by atoms with Crippen LogP contribution in [-0.2, 0) is 7.05 Å². The molecule has 2 aromatic rings. The number of nitrogens with zero attached hydrogens (tertiary/aromatic N) is 2. The fraction of sp³-hybridized carbons (Fsp3) is 0.167. The Labute approximate surface area is 112 Å². The van der Waals surface area contributed by atoms with Gasteiger partial charge in [0.15, 0.2) is 0 Å². The summed E-state index contributed by atoms with van der Waals surface area (Å²) in [6.07, 6.45) is 3.13. The van der Waals surface area contributed by atoms with E-state index in [4.69, 9.17) is 4.74 Å². The molecule has 0 amide bonds. The fourth-order valence-corrected chi connectivity index (χ4v) is 1.67. The monoisotopic (exact) mass is 342 g/mol. The van der Waals surface area contributed by atoms with Gasteiger partial charge in [-0.3, -0.25) is 4.79 Å². The molecule has 0 spiro atoms. The first-order chi connectivity index (χ1) is 8.08. The highest BCUT2D eigenvalue weighted by Gasteiger charge is 2.06. The number of hydrogen-bond acceptors (Lipinski definition) is 3. The van der Waals surface area contributed by atoms with E-state index in [9.17, 15) is 4.79 Å². The van der Waals surface area contributed by atoms with Crippen LogP contribution in [0.3, 0.4) is 0 Å². The topological polar surface area (TPSA) is 44.1 Å². The van der Waals surface area contributed by atoms with Crippen LogP contribution in [0.15, 0.2) is 35.4 Å². The zero-order valence-corrected chi connectivity index (χ0v) is 11.6. The zero-order valence-electron chi connectivity index (χ0n) is 9.48. The summed E-state index contributed by atoms with van der Waals surface area (Å²) >= 11 is 2.25. The van der Waals surface area contributed by atoms with Gasteiger partial charge in [-0.25, -0.2) is 4.98 Å². The van der Waals surface area contributed by atoms with Gasteiger partial charge in [0.25, 0.3) is 5.88 Å². The van der Waals surface area contributed by atoms with E-state index >= 15 is 0 Å². The van der Waals surface area contributed by atoms with E-state index in [1.807, 2.05) is 25.1 Å². The third-order valence-electron chi connectivity index (χ3n) is 2.33. The lowest BCUT2D eigenvalue weighted by Gasteiger charge is -2.06. The van der Waals surface area contributed by atoms with Gasteiger partial charge >= 0.3 is 5.56 Å². The van der Waals surface area contributed by atoms with Crippen molar-refractivity contribution >= 4 is 22.6 Å². The first kappa shape index (κ1) is 12.1. The maximum atomic E-state index is 11.7. The summed E-state index contributed by atoms with van der Waals surface area (Å²) in [6, 6.07) is 5.65. The molecule has 0 radical (unpaired) electrons. The van der Waals surface area contributed by atoms with Gasteiger partial charge in [-0.15, -0.1) is 0 Å². The van der Waals surface area contributed by atoms with Crippen molar-refractivity contribution in [1.29, 1.82) is 0 Å². The quantitative estimate of drug-likeness (QED) is 0.788. The zero-order chi connectivity index (χ0) is 12.4. The smallest absolute Gasteiger partial charge is 0.313 e. The highest BCUT2D eigenvalue weighted by Crippen LogP contribution is 2.21. The predicted molar refractivity (Wildman–Crippen MR) is 73.4 cm³/mol. The van der Waals surface area contributed by atoms with Gasteiger partial charge in [-0.2, -0.15) is 0 Å². The largest absolute Gasteiger partial charge is 0.435 e. The Hall–Kier alpha value is -1.37. The predicted octanol–water partition coefficient (Wildman–Crippen LogP) is 2.49. The van der Waals surface area contributed by atoms with E-state index in [1.54, 1.807) is 13.2 Å². The number of halogens is 1. The van der Waals surface area contributed by atoms with Crippen molar-refractivity contribution in [3.05, 3.63) is 50.1 Å². The van der Waals surface area contributed by atoms with Crippen molar-refractivity contribution in [3.8, 4) is 11.6 Å². The van der Waals surface area contributed by atoms with Crippen LogP contribution >= 0.6 is 22.6 Å². The van der Waals surface area contributed by atoms with Crippen molar-refractivity contribution in [2.24, 2.45) is 7.05 Å². The number of rotatable bonds is 2. The van der Waals surface area contributed by atoms with Crippen molar-refractivity contribution in [2.45, 2.75) is 6.92 Å². The molecule has 0 N–H and O–H groups in total. The molecule has 0 fully saturated rings. The maximum absolute atomic E-state index is 11.7. The highest BCUT2D eigenvalue weighted by atomic mass is 127. The Kier molecular flexibility index (Phi) is 3.46. The van der Waals surface area contributed by atoms with Crippen molar-refractivity contribution in [3.63, 3.8) is 0 Å². The van der Waals surface area contributed by atoms with Crippen LogP contribution in [0, 0.1) is 10.5 Å². The second-order valence-electron chi connectivity index (χ2n) is 3.66. The molecule has 0 atom stereocenters. The van der Waals surface area contributed by atoms with Gasteiger partial charge in [-0.1, -0.05) is 0 Å². The summed E-state index contributed by atoms with van der Waals surface area (Å²) in [5.41, 5.74) is 0.861. The van der Waals surface area contributed by atoms with Gasteiger partial charge < -0.3 is 9.30 Å². The highest BCUT2D eigenvalue weighted by molar-refractivity contribution is 14.1. The standard InChI is InChI=1S/C12H11IN2O2/c1-8-7-9(3-4-10(8)13)17-11-12(16)15(2)6-5-14-11/h3-7H,1-2H3. The number of aromatic nitrogens is 2. The molecule has 2 rings (SSSR count). The lowest BCUT2D eigenvalue weighted by molar-refractivity contribution is 0.448. The van der Waals surface area contributed by atoms with Crippen LogP contribution in [0.1, 0.15) is 5.56 Å². The van der Waals surface area contributed by atoms with E-state index in [0.717, 1.165) is 9.13 Å². The van der Waals surface area contributed by atoms with Crippen LogP contribution in [-0.4, -0.2) is 9.55 Å². The lowest BCUT2D eigenvalue weighted by Crippen LogP contribution is -2.18. The molecule has 1 aromatic heterocycles. The number of ether oxygens (including phenoxy) is 1. The minimum Gasteiger partial charge on any atom is -0.435 e. The molecule has 88 valence electrons. The first-order valence-electron chi connectivity index (χ1n) is 5.03. The second kappa shape index (κ2) is 4.87. The molecule has 0 bridgehead atoms. The minimum atomic E-state index is -0.247. The molecule has 0 aliphatic heterocycles. The molecule has 4 nitrogen and oxygen atoms in total. The third-order valence-corrected chi connectivity index (χ3v) is 3.54. The van der Waals surface area contributed by atoms with Gasteiger partial charge in [0.2, 0.25) is 0 Å². The van der Waals surface area contributed by atoms with Gasteiger partial charge in [0.05, 0.1) is 0 Å².